The van der Waals surface area contributed by atoms with E-state index in [0.29, 0.717) is 22.3 Å². The third kappa shape index (κ3) is 7.22. The molecule has 8 aromatic carbocycles. The second kappa shape index (κ2) is 15.5. The van der Waals surface area contributed by atoms with Crippen LogP contribution < -0.4 is 9.80 Å². The summed E-state index contributed by atoms with van der Waals surface area (Å²) in [4.78, 5) is 31.9. The number of anilines is 6. The Morgan fingerprint density at radius 3 is 0.833 bits per heavy atom. The number of nitrogens with zero attached hydrogens (tertiary/aromatic N) is 2. The van der Waals surface area contributed by atoms with Crippen molar-refractivity contribution in [1.29, 1.82) is 0 Å². The largest absolute Gasteiger partial charge is 0.311 e. The van der Waals surface area contributed by atoms with Crippen molar-refractivity contribution >= 4 is 45.7 Å². The topological polar surface area (TPSA) is 40.6 Å². The van der Waals surface area contributed by atoms with Crippen molar-refractivity contribution in [1.82, 2.24) is 0 Å². The lowest BCUT2D eigenvalue weighted by atomic mass is 9.95. The molecule has 0 radical (unpaired) electrons. The minimum absolute atomic E-state index is 0.0678. The van der Waals surface area contributed by atoms with Gasteiger partial charge in [-0.25, -0.2) is 0 Å². The van der Waals surface area contributed by atoms with E-state index in [0.717, 1.165) is 45.3 Å². The zero-order chi connectivity index (χ0) is 36.7. The summed E-state index contributed by atoms with van der Waals surface area (Å²) in [6.07, 6.45) is 0. The summed E-state index contributed by atoms with van der Waals surface area (Å²) in [6.45, 7) is 0. The average molecular weight is 697 g/mol. The Morgan fingerprint density at radius 2 is 0.537 bits per heavy atom. The highest BCUT2D eigenvalue weighted by molar-refractivity contribution is 6.11. The van der Waals surface area contributed by atoms with Crippen molar-refractivity contribution < 1.29 is 9.59 Å². The van der Waals surface area contributed by atoms with Crippen LogP contribution >= 0.6 is 0 Å². The third-order valence-electron chi connectivity index (χ3n) is 9.42. The van der Waals surface area contributed by atoms with Crippen LogP contribution in [0, 0.1) is 0 Å². The molecule has 8 rings (SSSR count). The standard InChI is InChI=1S/C50H36N2O2/c53-49(37-27-31-47(32-28-37)51(43-19-5-1-6-20-43)44-21-7-2-8-22-44)41-17-13-15-39(35-41)40-16-14-18-42(36-40)50(54)38-29-33-48(34-30-38)52(45-23-9-3-10-24-45)46-25-11-4-12-26-46/h1-36H. The first-order chi connectivity index (χ1) is 26.6. The number of ketones is 2. The van der Waals surface area contributed by atoms with Gasteiger partial charge in [0.1, 0.15) is 0 Å². The van der Waals surface area contributed by atoms with Gasteiger partial charge in [0.2, 0.25) is 0 Å². The fourth-order valence-corrected chi connectivity index (χ4v) is 6.74. The van der Waals surface area contributed by atoms with E-state index < -0.39 is 0 Å². The van der Waals surface area contributed by atoms with Gasteiger partial charge in [-0.2, -0.15) is 0 Å². The highest BCUT2D eigenvalue weighted by Crippen LogP contribution is 2.36. The normalized spacial score (nSPS) is 10.7. The van der Waals surface area contributed by atoms with E-state index in [2.05, 4.69) is 58.3 Å². The fourth-order valence-electron chi connectivity index (χ4n) is 6.74. The van der Waals surface area contributed by atoms with Gasteiger partial charge in [-0.3, -0.25) is 9.59 Å². The zero-order valence-electron chi connectivity index (χ0n) is 29.5. The van der Waals surface area contributed by atoms with Crippen LogP contribution in [0.25, 0.3) is 11.1 Å². The van der Waals surface area contributed by atoms with Gasteiger partial charge in [0.15, 0.2) is 11.6 Å². The van der Waals surface area contributed by atoms with Crippen LogP contribution in [0.5, 0.6) is 0 Å². The van der Waals surface area contributed by atoms with E-state index in [-0.39, 0.29) is 11.6 Å². The van der Waals surface area contributed by atoms with E-state index in [9.17, 15) is 9.59 Å². The van der Waals surface area contributed by atoms with Crippen LogP contribution in [0.15, 0.2) is 218 Å². The molecule has 0 aliphatic carbocycles. The summed E-state index contributed by atoms with van der Waals surface area (Å²) < 4.78 is 0. The van der Waals surface area contributed by atoms with E-state index in [1.165, 1.54) is 0 Å². The monoisotopic (exact) mass is 696 g/mol. The number of carbonyl (C=O) groups is 2. The molecule has 258 valence electrons. The van der Waals surface area contributed by atoms with Crippen molar-refractivity contribution in [2.45, 2.75) is 0 Å². The van der Waals surface area contributed by atoms with Crippen LogP contribution in [0.2, 0.25) is 0 Å². The molecular weight excluding hydrogens is 661 g/mol. The molecule has 0 spiro atoms. The minimum Gasteiger partial charge on any atom is -0.311 e. The van der Waals surface area contributed by atoms with Gasteiger partial charge in [-0.15, -0.1) is 0 Å². The first-order valence-electron chi connectivity index (χ1n) is 17.9. The van der Waals surface area contributed by atoms with Gasteiger partial charge in [0.25, 0.3) is 0 Å². The summed E-state index contributed by atoms with van der Waals surface area (Å²) in [5, 5.41) is 0. The van der Waals surface area contributed by atoms with Crippen molar-refractivity contribution in [3.05, 3.63) is 241 Å². The Balaban J connectivity index is 1.02. The van der Waals surface area contributed by atoms with Gasteiger partial charge in [-0.1, -0.05) is 109 Å². The lowest BCUT2D eigenvalue weighted by Gasteiger charge is -2.25. The number of para-hydroxylation sites is 4. The number of carbonyl (C=O) groups excluding carboxylic acids is 2. The molecule has 0 atom stereocenters. The summed E-state index contributed by atoms with van der Waals surface area (Å²) in [5.41, 5.74) is 10.1. The fraction of sp³-hybridized carbons (Fsp3) is 0. The maximum atomic E-state index is 13.8. The molecule has 54 heavy (non-hydrogen) atoms. The van der Waals surface area contributed by atoms with Gasteiger partial charge < -0.3 is 9.80 Å². The van der Waals surface area contributed by atoms with Gasteiger partial charge in [0.05, 0.1) is 0 Å². The molecule has 0 bridgehead atoms. The van der Waals surface area contributed by atoms with E-state index in [1.54, 1.807) is 0 Å². The lowest BCUT2D eigenvalue weighted by Crippen LogP contribution is -2.10. The molecule has 4 nitrogen and oxygen atoms in total. The van der Waals surface area contributed by atoms with Crippen LogP contribution in [-0.4, -0.2) is 11.6 Å². The molecule has 0 aliphatic heterocycles. The summed E-state index contributed by atoms with van der Waals surface area (Å²) in [6, 6.07) is 71.4. The Bertz CT molecular complexity index is 2240. The van der Waals surface area contributed by atoms with Crippen molar-refractivity contribution in [2.75, 3.05) is 9.80 Å². The Morgan fingerprint density at radius 1 is 0.259 bits per heavy atom. The Labute approximate surface area is 315 Å². The number of hydrogen-bond donors (Lipinski definition) is 0. The molecule has 0 saturated carbocycles. The molecule has 0 unspecified atom stereocenters. The van der Waals surface area contributed by atoms with Crippen molar-refractivity contribution in [3.63, 3.8) is 0 Å². The van der Waals surface area contributed by atoms with Crippen molar-refractivity contribution in [2.24, 2.45) is 0 Å². The van der Waals surface area contributed by atoms with Gasteiger partial charge in [-0.05, 0) is 120 Å². The summed E-state index contributed by atoms with van der Waals surface area (Å²) in [7, 11) is 0. The molecule has 0 aliphatic rings. The Kier molecular flexibility index (Phi) is 9.72. The smallest absolute Gasteiger partial charge is 0.193 e. The molecule has 0 aromatic heterocycles. The maximum Gasteiger partial charge on any atom is 0.193 e. The first kappa shape index (κ1) is 33.8. The molecule has 0 N–H and O–H groups in total. The predicted molar refractivity (Wildman–Crippen MR) is 221 cm³/mol. The molecule has 0 heterocycles. The van der Waals surface area contributed by atoms with Crippen LogP contribution in [0.4, 0.5) is 34.1 Å². The molecular formula is C50H36N2O2. The minimum atomic E-state index is -0.0678. The number of hydrogen-bond acceptors (Lipinski definition) is 4. The van der Waals surface area contributed by atoms with E-state index in [1.807, 2.05) is 170 Å². The SMILES string of the molecule is O=C(c1ccc(N(c2ccccc2)c2ccccc2)cc1)c1cccc(-c2cccc(C(=O)c3ccc(N(c4ccccc4)c4ccccc4)cc3)c2)c1. The molecule has 8 aromatic rings. The molecule has 0 fully saturated rings. The van der Waals surface area contributed by atoms with Crippen LogP contribution in [0.3, 0.4) is 0 Å². The molecule has 0 saturated heterocycles. The molecule has 4 heteroatoms. The van der Waals surface area contributed by atoms with Crippen LogP contribution in [-0.2, 0) is 0 Å². The van der Waals surface area contributed by atoms with Crippen LogP contribution in [0.1, 0.15) is 31.8 Å². The van der Waals surface area contributed by atoms with Gasteiger partial charge in [0, 0.05) is 56.4 Å². The maximum absolute atomic E-state index is 13.8. The number of rotatable bonds is 11. The number of benzene rings is 8. The first-order valence-corrected chi connectivity index (χ1v) is 17.9. The van der Waals surface area contributed by atoms with E-state index in [4.69, 9.17) is 0 Å². The second-order valence-electron chi connectivity index (χ2n) is 12.9. The summed E-state index contributed by atoms with van der Waals surface area (Å²) >= 11 is 0. The quantitative estimate of drug-likeness (QED) is 0.126. The highest BCUT2D eigenvalue weighted by atomic mass is 16.1. The average Bonchev–Trinajstić information content (AvgIpc) is 3.25. The second-order valence-corrected chi connectivity index (χ2v) is 12.9. The zero-order valence-corrected chi connectivity index (χ0v) is 29.5. The lowest BCUT2D eigenvalue weighted by molar-refractivity contribution is 0.103. The Hall–Kier alpha value is -7.30. The molecule has 0 amide bonds. The third-order valence-corrected chi connectivity index (χ3v) is 9.42. The predicted octanol–water partition coefficient (Wildman–Crippen LogP) is 12.8. The summed E-state index contributed by atoms with van der Waals surface area (Å²) in [5.74, 6) is -0.136. The highest BCUT2D eigenvalue weighted by Gasteiger charge is 2.17. The van der Waals surface area contributed by atoms with Crippen molar-refractivity contribution in [3.8, 4) is 11.1 Å². The van der Waals surface area contributed by atoms with Gasteiger partial charge >= 0.3 is 0 Å². The van der Waals surface area contributed by atoms with E-state index >= 15 is 0 Å².